The fourth-order valence-electron chi connectivity index (χ4n) is 3.28. The van der Waals surface area contributed by atoms with E-state index >= 15 is 0 Å². The van der Waals surface area contributed by atoms with Gasteiger partial charge in [0.25, 0.3) is 5.91 Å². The second kappa shape index (κ2) is 6.67. The summed E-state index contributed by atoms with van der Waals surface area (Å²) in [5.74, 6) is 0.0993. The van der Waals surface area contributed by atoms with Crippen molar-refractivity contribution in [3.05, 3.63) is 59.4 Å². The minimum absolute atomic E-state index is 0.0499. The molecule has 1 unspecified atom stereocenters. The first-order valence-corrected chi connectivity index (χ1v) is 8.83. The molecule has 5 nitrogen and oxygen atoms in total. The molecule has 128 valence electrons. The Labute approximate surface area is 146 Å². The summed E-state index contributed by atoms with van der Waals surface area (Å²) in [7, 11) is 0. The van der Waals surface area contributed by atoms with Crippen molar-refractivity contribution in [1.29, 1.82) is 0 Å². The van der Waals surface area contributed by atoms with Crippen molar-refractivity contribution >= 4 is 17.5 Å². The monoisotopic (exact) mass is 335 g/mol. The largest absolute Gasteiger partial charge is 0.349 e. The molecule has 1 atom stereocenters. The molecule has 0 aliphatic heterocycles. The standard InChI is InChI=1S/C20H21N3O2/c24-19(13-6-7-13)22-16-5-1-3-15(12-16)20(25)23-17-8-9-18-14(11-17)4-2-10-21-18/h1-5,10,12-13,17H,6-9,11H2,(H,22,24)(H,23,25). The Bertz CT molecular complexity index is 814. The predicted molar refractivity (Wildman–Crippen MR) is 95.3 cm³/mol. The third-order valence-electron chi connectivity index (χ3n) is 4.86. The summed E-state index contributed by atoms with van der Waals surface area (Å²) in [6.45, 7) is 0. The van der Waals surface area contributed by atoms with Gasteiger partial charge in [0.2, 0.25) is 5.91 Å². The summed E-state index contributed by atoms with van der Waals surface area (Å²) < 4.78 is 0. The third kappa shape index (κ3) is 3.71. The van der Waals surface area contributed by atoms with Crippen LogP contribution in [0.4, 0.5) is 5.69 Å². The van der Waals surface area contributed by atoms with Crippen molar-refractivity contribution in [1.82, 2.24) is 10.3 Å². The fourth-order valence-corrected chi connectivity index (χ4v) is 3.28. The zero-order valence-corrected chi connectivity index (χ0v) is 14.0. The van der Waals surface area contributed by atoms with E-state index in [1.54, 1.807) is 18.2 Å². The highest BCUT2D eigenvalue weighted by atomic mass is 16.2. The molecule has 1 aromatic heterocycles. The van der Waals surface area contributed by atoms with Crippen LogP contribution in [-0.2, 0) is 17.6 Å². The highest BCUT2D eigenvalue weighted by Gasteiger charge is 2.29. The zero-order chi connectivity index (χ0) is 17.2. The van der Waals surface area contributed by atoms with Gasteiger partial charge >= 0.3 is 0 Å². The number of nitrogens with one attached hydrogen (secondary N) is 2. The van der Waals surface area contributed by atoms with Crippen LogP contribution >= 0.6 is 0 Å². The number of anilines is 1. The lowest BCUT2D eigenvalue weighted by atomic mass is 9.91. The van der Waals surface area contributed by atoms with Crippen molar-refractivity contribution in [2.45, 2.75) is 38.1 Å². The van der Waals surface area contributed by atoms with Gasteiger partial charge in [0, 0.05) is 35.1 Å². The molecule has 1 fully saturated rings. The van der Waals surface area contributed by atoms with E-state index in [4.69, 9.17) is 0 Å². The van der Waals surface area contributed by atoms with E-state index in [1.807, 2.05) is 18.3 Å². The maximum absolute atomic E-state index is 12.6. The number of rotatable bonds is 4. The summed E-state index contributed by atoms with van der Waals surface area (Å²) in [6, 6.07) is 11.3. The van der Waals surface area contributed by atoms with Gasteiger partial charge < -0.3 is 10.6 Å². The van der Waals surface area contributed by atoms with E-state index in [0.29, 0.717) is 11.3 Å². The maximum atomic E-state index is 12.6. The summed E-state index contributed by atoms with van der Waals surface area (Å²) in [6.07, 6.45) is 6.34. The van der Waals surface area contributed by atoms with Crippen LogP contribution in [0.2, 0.25) is 0 Å². The first-order valence-electron chi connectivity index (χ1n) is 8.83. The third-order valence-corrected chi connectivity index (χ3v) is 4.86. The van der Waals surface area contributed by atoms with E-state index < -0.39 is 0 Å². The van der Waals surface area contributed by atoms with Gasteiger partial charge in [-0.25, -0.2) is 0 Å². The molecule has 1 aromatic carbocycles. The number of hydrogen-bond donors (Lipinski definition) is 2. The molecule has 2 aliphatic rings. The number of amides is 2. The molecule has 1 heterocycles. The van der Waals surface area contributed by atoms with Crippen LogP contribution in [-0.4, -0.2) is 22.8 Å². The molecule has 4 rings (SSSR count). The minimum Gasteiger partial charge on any atom is -0.349 e. The summed E-state index contributed by atoms with van der Waals surface area (Å²) in [4.78, 5) is 28.8. The number of benzene rings is 1. The fraction of sp³-hybridized carbons (Fsp3) is 0.350. The molecule has 0 spiro atoms. The lowest BCUT2D eigenvalue weighted by molar-refractivity contribution is -0.117. The van der Waals surface area contributed by atoms with Crippen molar-refractivity contribution < 1.29 is 9.59 Å². The minimum atomic E-state index is -0.0974. The Kier molecular flexibility index (Phi) is 4.22. The predicted octanol–water partition coefficient (Wildman–Crippen LogP) is 2.72. The van der Waals surface area contributed by atoms with E-state index in [-0.39, 0.29) is 23.8 Å². The summed E-state index contributed by atoms with van der Waals surface area (Å²) in [5.41, 5.74) is 3.61. The first kappa shape index (κ1) is 15.8. The van der Waals surface area contributed by atoms with Gasteiger partial charge in [-0.05, 0) is 61.9 Å². The van der Waals surface area contributed by atoms with Crippen LogP contribution in [0, 0.1) is 5.92 Å². The van der Waals surface area contributed by atoms with Gasteiger partial charge in [0.05, 0.1) is 0 Å². The highest BCUT2D eigenvalue weighted by molar-refractivity contribution is 5.98. The van der Waals surface area contributed by atoms with Crippen molar-refractivity contribution in [2.75, 3.05) is 5.32 Å². The lowest BCUT2D eigenvalue weighted by Gasteiger charge is -2.24. The van der Waals surface area contributed by atoms with E-state index in [9.17, 15) is 9.59 Å². The van der Waals surface area contributed by atoms with Crippen LogP contribution < -0.4 is 10.6 Å². The quantitative estimate of drug-likeness (QED) is 0.902. The van der Waals surface area contributed by atoms with Gasteiger partial charge in [-0.1, -0.05) is 12.1 Å². The number of hydrogen-bond acceptors (Lipinski definition) is 3. The van der Waals surface area contributed by atoms with Gasteiger partial charge in [0.15, 0.2) is 0 Å². The zero-order valence-electron chi connectivity index (χ0n) is 14.0. The Morgan fingerprint density at radius 2 is 1.96 bits per heavy atom. The molecule has 0 radical (unpaired) electrons. The first-order chi connectivity index (χ1) is 12.2. The van der Waals surface area contributed by atoms with Crippen LogP contribution in [0.1, 0.15) is 40.9 Å². The number of pyridine rings is 1. The van der Waals surface area contributed by atoms with Crippen molar-refractivity contribution in [2.24, 2.45) is 5.92 Å². The van der Waals surface area contributed by atoms with Crippen LogP contribution in [0.15, 0.2) is 42.6 Å². The Hall–Kier alpha value is -2.69. The normalized spacial score (nSPS) is 19.0. The number of aryl methyl sites for hydroxylation is 1. The SMILES string of the molecule is O=C(NC1CCc2ncccc2C1)c1cccc(NC(=O)C2CC2)c1. The van der Waals surface area contributed by atoms with E-state index in [1.165, 1.54) is 5.56 Å². The summed E-state index contributed by atoms with van der Waals surface area (Å²) in [5, 5.41) is 6.00. The van der Waals surface area contributed by atoms with Crippen LogP contribution in [0.3, 0.4) is 0 Å². The van der Waals surface area contributed by atoms with Gasteiger partial charge in [-0.3, -0.25) is 14.6 Å². The molecule has 2 aliphatic carbocycles. The average molecular weight is 335 g/mol. The summed E-state index contributed by atoms with van der Waals surface area (Å²) >= 11 is 0. The highest BCUT2D eigenvalue weighted by Crippen LogP contribution is 2.30. The lowest BCUT2D eigenvalue weighted by Crippen LogP contribution is -2.39. The number of nitrogens with zero attached hydrogens (tertiary/aromatic N) is 1. The van der Waals surface area contributed by atoms with E-state index in [2.05, 4.69) is 21.7 Å². The molecule has 2 aromatic rings. The Morgan fingerprint density at radius 3 is 2.80 bits per heavy atom. The molecular weight excluding hydrogens is 314 g/mol. The molecule has 2 N–H and O–H groups in total. The molecule has 5 heteroatoms. The van der Waals surface area contributed by atoms with Gasteiger partial charge in [-0.2, -0.15) is 0 Å². The van der Waals surface area contributed by atoms with Gasteiger partial charge in [-0.15, -0.1) is 0 Å². The van der Waals surface area contributed by atoms with Crippen LogP contribution in [0.25, 0.3) is 0 Å². The second-order valence-corrected chi connectivity index (χ2v) is 6.87. The molecule has 0 bridgehead atoms. The van der Waals surface area contributed by atoms with E-state index in [0.717, 1.165) is 37.8 Å². The van der Waals surface area contributed by atoms with Crippen molar-refractivity contribution in [3.63, 3.8) is 0 Å². The number of aromatic nitrogens is 1. The molecule has 25 heavy (non-hydrogen) atoms. The van der Waals surface area contributed by atoms with Crippen molar-refractivity contribution in [3.8, 4) is 0 Å². The number of carbonyl (C=O) groups excluding carboxylic acids is 2. The van der Waals surface area contributed by atoms with Gasteiger partial charge in [0.1, 0.15) is 0 Å². The molecule has 0 saturated heterocycles. The van der Waals surface area contributed by atoms with Crippen LogP contribution in [0.5, 0.6) is 0 Å². The molecule has 1 saturated carbocycles. The second-order valence-electron chi connectivity index (χ2n) is 6.87. The molecular formula is C20H21N3O2. The average Bonchev–Trinajstić information content (AvgIpc) is 3.47. The Balaban J connectivity index is 1.40. The number of carbonyl (C=O) groups is 2. The number of fused-ring (bicyclic) bond motifs is 1. The Morgan fingerprint density at radius 1 is 1.08 bits per heavy atom. The molecule has 2 amide bonds. The topological polar surface area (TPSA) is 71.1 Å². The maximum Gasteiger partial charge on any atom is 0.251 e. The smallest absolute Gasteiger partial charge is 0.251 e.